The third-order valence-electron chi connectivity index (χ3n) is 7.17. The van der Waals surface area contributed by atoms with E-state index in [9.17, 15) is 9.32 Å². The Labute approximate surface area is 212 Å². The average Bonchev–Trinajstić information content (AvgIpc) is 3.58. The molecule has 1 atom stereocenters. The smallest absolute Gasteiger partial charge is 0.258 e. The van der Waals surface area contributed by atoms with Crippen LogP contribution >= 0.6 is 0 Å². The largest absolute Gasteiger partial charge is 0.477 e. The van der Waals surface area contributed by atoms with Crippen molar-refractivity contribution in [1.82, 2.24) is 24.3 Å². The summed E-state index contributed by atoms with van der Waals surface area (Å²) in [4.78, 5) is 22.9. The number of halogens is 1. The van der Waals surface area contributed by atoms with Gasteiger partial charge in [0.1, 0.15) is 0 Å². The topological polar surface area (TPSA) is 108 Å². The zero-order chi connectivity index (χ0) is 25.5. The van der Waals surface area contributed by atoms with E-state index < -0.39 is 0 Å². The lowest BCUT2D eigenvalue weighted by atomic mass is 9.97. The number of hydrogen-bond donors (Lipinski definition) is 2. The quantitative estimate of drug-likeness (QED) is 0.384. The van der Waals surface area contributed by atoms with Crippen LogP contribution in [0.3, 0.4) is 0 Å². The average molecular weight is 506 g/mol. The van der Waals surface area contributed by atoms with E-state index in [1.165, 1.54) is 12.8 Å². The predicted octanol–water partition coefficient (Wildman–Crippen LogP) is 4.82. The first-order valence-corrected chi connectivity index (χ1v) is 12.5. The highest BCUT2D eigenvalue weighted by atomic mass is 19.3. The lowest BCUT2D eigenvalue weighted by Crippen LogP contribution is -2.20. The zero-order valence-corrected chi connectivity index (χ0v) is 20.7. The Morgan fingerprint density at radius 1 is 1.16 bits per heavy atom. The molecule has 37 heavy (non-hydrogen) atoms. The Morgan fingerprint density at radius 2 is 2.03 bits per heavy atom. The first kappa shape index (κ1) is 23.4. The maximum absolute atomic E-state index is 13.5. The van der Waals surface area contributed by atoms with Gasteiger partial charge in [0.15, 0.2) is 0 Å². The summed E-state index contributed by atoms with van der Waals surface area (Å²) < 4.78 is 22.4. The number of aryl methyl sites for hydroxylation is 2. The minimum absolute atomic E-state index is 0.294. The number of benzene rings is 1. The Kier molecular flexibility index (Phi) is 5.99. The summed E-state index contributed by atoms with van der Waals surface area (Å²) in [5.74, 6) is 1.84. The van der Waals surface area contributed by atoms with Gasteiger partial charge < -0.3 is 9.30 Å². The van der Waals surface area contributed by atoms with Crippen molar-refractivity contribution in [3.8, 4) is 17.1 Å². The molecule has 2 bridgehead atoms. The number of pyridine rings is 1. The number of rotatable bonds is 3. The van der Waals surface area contributed by atoms with Crippen LogP contribution in [0.1, 0.15) is 41.7 Å². The lowest BCUT2D eigenvalue weighted by molar-refractivity contribution is -0.0973. The molecule has 4 heterocycles. The van der Waals surface area contributed by atoms with Crippen molar-refractivity contribution < 1.29 is 19.1 Å². The van der Waals surface area contributed by atoms with Crippen LogP contribution in [0.5, 0.6) is 5.88 Å². The number of carbonyl (C=O) groups is 1. The SMILES string of the molecule is Cc1cc2cc(n1)-c1cnn(C)c1OCCC[C@@H](C1CC1)Cn1c(nc3cc(NOF)ccc31)NC2=O. The van der Waals surface area contributed by atoms with Gasteiger partial charge in [0.2, 0.25) is 11.8 Å². The second kappa shape index (κ2) is 9.47. The van der Waals surface area contributed by atoms with E-state index in [1.807, 2.05) is 20.0 Å². The molecule has 3 aromatic heterocycles. The van der Waals surface area contributed by atoms with Gasteiger partial charge >= 0.3 is 0 Å². The number of aromatic nitrogens is 5. The summed E-state index contributed by atoms with van der Waals surface area (Å²) in [5, 5.41) is 11.0. The summed E-state index contributed by atoms with van der Waals surface area (Å²) in [6, 6.07) is 8.76. The van der Waals surface area contributed by atoms with Crippen LogP contribution in [-0.2, 0) is 18.6 Å². The standard InChI is InChI=1S/C26H28FN7O3/c1-15-10-18-11-21(29-15)20-13-28-33(2)25(20)36-9-3-4-17(16-5-6-16)14-34-23-8-7-19(32-37-27)12-22(23)30-26(34)31-24(18)35/h7-8,10-13,16-17,32H,3-6,9,14H2,1-2H3,(H,30,31,35)/t17-/m1/s1. The van der Waals surface area contributed by atoms with Gasteiger partial charge in [-0.1, -0.05) is 5.04 Å². The molecule has 4 aromatic rings. The molecule has 2 N–H and O–H groups in total. The maximum Gasteiger partial charge on any atom is 0.258 e. The summed E-state index contributed by atoms with van der Waals surface area (Å²) in [5.41, 5.74) is 6.63. The molecule has 0 saturated heterocycles. The molecular formula is C26H28FN7O3. The van der Waals surface area contributed by atoms with Gasteiger partial charge in [-0.3, -0.25) is 15.1 Å². The summed E-state index contributed by atoms with van der Waals surface area (Å²) in [6.07, 6.45) is 5.98. The van der Waals surface area contributed by atoms with Crippen molar-refractivity contribution in [3.63, 3.8) is 0 Å². The Bertz CT molecular complexity index is 1480. The minimum atomic E-state index is -0.294. The molecule has 11 heteroatoms. The number of hydrogen-bond acceptors (Lipinski definition) is 7. The van der Waals surface area contributed by atoms with Crippen molar-refractivity contribution >= 4 is 28.6 Å². The Morgan fingerprint density at radius 3 is 2.84 bits per heavy atom. The number of fused-ring (bicyclic) bond motifs is 7. The maximum atomic E-state index is 13.5. The van der Waals surface area contributed by atoms with Crippen LogP contribution in [0.25, 0.3) is 22.3 Å². The van der Waals surface area contributed by atoms with E-state index in [2.05, 4.69) is 30.5 Å². The van der Waals surface area contributed by atoms with E-state index in [-0.39, 0.29) is 5.91 Å². The molecule has 0 unspecified atom stereocenters. The molecule has 1 saturated carbocycles. The van der Waals surface area contributed by atoms with Crippen molar-refractivity contribution in [2.75, 3.05) is 17.4 Å². The zero-order valence-electron chi connectivity index (χ0n) is 20.7. The second-order valence-corrected chi connectivity index (χ2v) is 9.84. The third-order valence-corrected chi connectivity index (χ3v) is 7.17. The first-order valence-electron chi connectivity index (χ1n) is 12.5. The molecule has 0 radical (unpaired) electrons. The number of ether oxygens (including phenoxy) is 1. The molecule has 1 fully saturated rings. The van der Waals surface area contributed by atoms with E-state index in [1.54, 1.807) is 35.1 Å². The fourth-order valence-electron chi connectivity index (χ4n) is 5.20. The number of carbonyl (C=O) groups excluding carboxylic acids is 1. The molecule has 1 aliphatic carbocycles. The Balaban J connectivity index is 1.45. The number of imidazole rings is 1. The summed E-state index contributed by atoms with van der Waals surface area (Å²) >= 11 is 0. The highest BCUT2D eigenvalue weighted by Crippen LogP contribution is 2.41. The van der Waals surface area contributed by atoms with Gasteiger partial charge in [-0.2, -0.15) is 5.10 Å². The fourth-order valence-corrected chi connectivity index (χ4v) is 5.20. The first-order chi connectivity index (χ1) is 18.0. The van der Waals surface area contributed by atoms with E-state index >= 15 is 0 Å². The van der Waals surface area contributed by atoms with Crippen molar-refractivity contribution in [1.29, 1.82) is 0 Å². The number of anilines is 2. The monoisotopic (exact) mass is 505 g/mol. The van der Waals surface area contributed by atoms with Crippen molar-refractivity contribution in [3.05, 3.63) is 47.8 Å². The minimum Gasteiger partial charge on any atom is -0.477 e. The van der Waals surface area contributed by atoms with Gasteiger partial charge in [-0.25, -0.2) is 15.1 Å². The van der Waals surface area contributed by atoms with Gasteiger partial charge in [0.25, 0.3) is 5.91 Å². The molecule has 2 aliphatic rings. The van der Waals surface area contributed by atoms with Gasteiger partial charge in [-0.15, -0.1) is 0 Å². The highest BCUT2D eigenvalue weighted by molar-refractivity contribution is 6.05. The normalized spacial score (nSPS) is 18.2. The predicted molar refractivity (Wildman–Crippen MR) is 136 cm³/mol. The van der Waals surface area contributed by atoms with Crippen LogP contribution in [0.2, 0.25) is 0 Å². The lowest BCUT2D eigenvalue weighted by Gasteiger charge is -2.19. The molecule has 192 valence electrons. The fraction of sp³-hybridized carbons (Fsp3) is 0.385. The molecule has 1 aromatic carbocycles. The van der Waals surface area contributed by atoms with Crippen molar-refractivity contribution in [2.24, 2.45) is 18.9 Å². The molecule has 10 nitrogen and oxygen atoms in total. The number of nitrogens with one attached hydrogen (secondary N) is 2. The van der Waals surface area contributed by atoms with Gasteiger partial charge in [0.05, 0.1) is 40.8 Å². The van der Waals surface area contributed by atoms with Gasteiger partial charge in [-0.05, 0) is 79.3 Å². The van der Waals surface area contributed by atoms with E-state index in [0.29, 0.717) is 65.0 Å². The van der Waals surface area contributed by atoms with E-state index in [0.717, 1.165) is 23.9 Å². The molecule has 1 amide bonds. The van der Waals surface area contributed by atoms with Crippen LogP contribution in [0, 0.1) is 18.8 Å². The highest BCUT2D eigenvalue weighted by Gasteiger charge is 2.32. The van der Waals surface area contributed by atoms with Crippen molar-refractivity contribution in [2.45, 2.75) is 39.2 Å². The third kappa shape index (κ3) is 4.62. The van der Waals surface area contributed by atoms with Crippen LogP contribution < -0.4 is 15.5 Å². The summed E-state index contributed by atoms with van der Waals surface area (Å²) in [6.45, 7) is 3.12. The Hall–Kier alpha value is -3.99. The number of nitrogens with zero attached hydrogens (tertiary/aromatic N) is 5. The van der Waals surface area contributed by atoms with Crippen LogP contribution in [-0.4, -0.2) is 36.8 Å². The molecule has 0 spiro atoms. The molecule has 1 aliphatic heterocycles. The second-order valence-electron chi connectivity index (χ2n) is 9.84. The molecule has 6 rings (SSSR count). The summed E-state index contributed by atoms with van der Waals surface area (Å²) in [7, 11) is 1.84. The van der Waals surface area contributed by atoms with Crippen LogP contribution in [0.4, 0.5) is 16.2 Å². The van der Waals surface area contributed by atoms with Gasteiger partial charge in [0, 0.05) is 24.8 Å². The van der Waals surface area contributed by atoms with E-state index in [4.69, 9.17) is 9.72 Å². The molecular weight excluding hydrogens is 477 g/mol. The van der Waals surface area contributed by atoms with Crippen LogP contribution in [0.15, 0.2) is 36.5 Å². The number of amides is 1.